The maximum absolute atomic E-state index is 6.40. The quantitative estimate of drug-likeness (QED) is 0.0314. The summed E-state index contributed by atoms with van der Waals surface area (Å²) in [5.74, 6) is 3.41. The number of nitrogens with zero attached hydrogens (tertiary/aromatic N) is 5. The van der Waals surface area contributed by atoms with Gasteiger partial charge in [0.05, 0.1) is 132 Å². The van der Waals surface area contributed by atoms with Gasteiger partial charge < -0.3 is 42.4 Å². The Morgan fingerprint density at radius 1 is 0.287 bits per heavy atom. The predicted octanol–water partition coefficient (Wildman–Crippen LogP) is 17.8. The SMILES string of the molecule is CCCCCCCCCCCCCCOc1ccc(-c2c3nc(c(-c4ccc(OCCC[N+](C)(C)C)cc4)c4ccc([nH]4)c(-c4ccc(OCCC[N+](C)(C)C)cc4)c4nc(c(-c5ccc(OCCC[N+](C)(C)C)cc5)c5ccc2[nH]5)C=C4)C=C3)cc1. The minimum absolute atomic E-state index is 0.655. The Kier molecular flexibility index (Phi) is 22.4. The number of benzene rings is 4. The highest BCUT2D eigenvalue weighted by Gasteiger charge is 2.20. The van der Waals surface area contributed by atoms with E-state index in [0.717, 1.165) is 171 Å². The van der Waals surface area contributed by atoms with Gasteiger partial charge in [-0.2, -0.15) is 0 Å². The maximum Gasteiger partial charge on any atom is 0.119 e. The van der Waals surface area contributed by atoms with Gasteiger partial charge in [-0.05, 0) is 126 Å². The Balaban J connectivity index is 1.13. The second-order valence-electron chi connectivity index (χ2n) is 27.0. The van der Waals surface area contributed by atoms with Crippen LogP contribution in [-0.4, -0.2) is 143 Å². The lowest BCUT2D eigenvalue weighted by Gasteiger charge is -2.23. The van der Waals surface area contributed by atoms with Gasteiger partial charge in [0.25, 0.3) is 0 Å². The summed E-state index contributed by atoms with van der Waals surface area (Å²) in [6.07, 6.45) is 27.3. The molecule has 0 spiro atoms. The van der Waals surface area contributed by atoms with Crippen molar-refractivity contribution in [1.29, 1.82) is 0 Å². The average Bonchev–Trinajstić information content (AvgIpc) is 1.82. The Morgan fingerprint density at radius 3 is 0.759 bits per heavy atom. The zero-order valence-electron chi connectivity index (χ0n) is 54.3. The van der Waals surface area contributed by atoms with Crippen molar-refractivity contribution in [2.24, 2.45) is 0 Å². The number of aromatic nitrogens is 4. The van der Waals surface area contributed by atoms with Gasteiger partial charge in [0.15, 0.2) is 0 Å². The topological polar surface area (TPSA) is 94.3 Å². The van der Waals surface area contributed by atoms with Gasteiger partial charge in [-0.25, -0.2) is 9.97 Å². The lowest BCUT2D eigenvalue weighted by molar-refractivity contribution is -0.870. The fourth-order valence-electron chi connectivity index (χ4n) is 11.6. The van der Waals surface area contributed by atoms with Crippen LogP contribution in [0.3, 0.4) is 0 Å². The van der Waals surface area contributed by atoms with Gasteiger partial charge in [-0.3, -0.25) is 0 Å². The van der Waals surface area contributed by atoms with Crippen LogP contribution < -0.4 is 18.9 Å². The molecule has 5 heterocycles. The van der Waals surface area contributed by atoms with Crippen LogP contribution in [0.5, 0.6) is 23.0 Å². The highest BCUT2D eigenvalue weighted by atomic mass is 16.5. The second kappa shape index (κ2) is 30.5. The molecule has 11 heteroatoms. The number of H-pyrrole nitrogens is 2. The molecule has 0 fully saturated rings. The molecule has 9 rings (SSSR count). The van der Waals surface area contributed by atoms with E-state index in [-0.39, 0.29) is 0 Å². The lowest BCUT2D eigenvalue weighted by Crippen LogP contribution is -2.36. The highest BCUT2D eigenvalue weighted by Crippen LogP contribution is 2.40. The fourth-order valence-corrected chi connectivity index (χ4v) is 11.6. The molecular formula is C76H100N7O4+3. The standard InChI is InChI=1S/C76H100N7O4/c1-11-12-13-14-15-16-17-18-19-20-21-22-53-84-61-34-26-57(27-35-61)73-65-42-44-67(77-65)74(58-28-36-62(37-29-58)85-54-23-50-81(2,3)4)69-46-48-71(79-69)76(60-32-40-64(41-33-60)87-56-25-52-83(8,9)10)72-49-47-70(80-72)75(68-45-43-66(73)78-68)59-30-38-63(39-31-59)86-55-24-51-82(5,6)7/h26-49,77,80H,11-25,50-56H2,1-10H3/q+3. The van der Waals surface area contributed by atoms with E-state index in [1.54, 1.807) is 0 Å². The van der Waals surface area contributed by atoms with Gasteiger partial charge in [-0.15, -0.1) is 0 Å². The first-order valence-electron chi connectivity index (χ1n) is 32.5. The Bertz CT molecular complexity index is 3470. The Hall–Kier alpha value is -7.44. The maximum atomic E-state index is 6.40. The number of hydrogen-bond acceptors (Lipinski definition) is 6. The third-order valence-electron chi connectivity index (χ3n) is 16.3. The zero-order valence-corrected chi connectivity index (χ0v) is 54.3. The normalized spacial score (nSPS) is 12.5. The van der Waals surface area contributed by atoms with E-state index in [1.807, 2.05) is 0 Å². The first kappa shape index (κ1) is 64.0. The molecule has 2 aliphatic rings. The van der Waals surface area contributed by atoms with E-state index in [0.29, 0.717) is 26.4 Å². The molecule has 0 amide bonds. The summed E-state index contributed by atoms with van der Waals surface area (Å²) in [5, 5.41) is 0. The van der Waals surface area contributed by atoms with E-state index in [2.05, 4.69) is 226 Å². The molecule has 7 aromatic rings. The van der Waals surface area contributed by atoms with Gasteiger partial charge in [-0.1, -0.05) is 126 Å². The average molecular weight is 1180 g/mol. The first-order chi connectivity index (χ1) is 42.0. The molecule has 0 radical (unpaired) electrons. The highest BCUT2D eigenvalue weighted by molar-refractivity contribution is 6.00. The van der Waals surface area contributed by atoms with E-state index in [1.165, 1.54) is 70.6 Å². The van der Waals surface area contributed by atoms with Crippen LogP contribution in [0, 0.1) is 0 Å². The summed E-state index contributed by atoms with van der Waals surface area (Å²) in [7, 11) is 20.0. The number of fused-ring (bicyclic) bond motifs is 8. The number of unbranched alkanes of at least 4 members (excludes halogenated alkanes) is 11. The number of hydrogen-bond donors (Lipinski definition) is 2. The van der Waals surface area contributed by atoms with Crippen LogP contribution in [0.15, 0.2) is 121 Å². The van der Waals surface area contributed by atoms with Crippen molar-refractivity contribution in [3.8, 4) is 67.5 Å². The monoisotopic (exact) mass is 1170 g/mol. The van der Waals surface area contributed by atoms with Gasteiger partial charge in [0.1, 0.15) is 23.0 Å². The summed E-state index contributed by atoms with van der Waals surface area (Å²) < 4.78 is 28.0. The molecule has 87 heavy (non-hydrogen) atoms. The summed E-state index contributed by atoms with van der Waals surface area (Å²) in [5.41, 5.74) is 15.2. The third-order valence-corrected chi connectivity index (χ3v) is 16.3. The van der Waals surface area contributed by atoms with Crippen molar-refractivity contribution in [1.82, 2.24) is 19.9 Å². The molecule has 4 aromatic carbocycles. The minimum Gasteiger partial charge on any atom is -0.494 e. The second-order valence-corrected chi connectivity index (χ2v) is 27.0. The summed E-state index contributed by atoms with van der Waals surface area (Å²) >= 11 is 0. The molecular weight excluding hydrogens is 1070 g/mol. The lowest BCUT2D eigenvalue weighted by atomic mass is 10.0. The molecule has 0 atom stereocenters. The molecule has 460 valence electrons. The van der Waals surface area contributed by atoms with E-state index < -0.39 is 0 Å². The number of rotatable bonds is 33. The zero-order chi connectivity index (χ0) is 61.2. The number of quaternary nitrogens is 3. The van der Waals surface area contributed by atoms with Crippen molar-refractivity contribution in [2.75, 3.05) is 109 Å². The van der Waals surface area contributed by atoms with E-state index >= 15 is 0 Å². The smallest absolute Gasteiger partial charge is 0.119 e. The van der Waals surface area contributed by atoms with E-state index in [4.69, 9.17) is 28.9 Å². The fraction of sp³-hybridized carbons (Fsp3) is 0.421. The van der Waals surface area contributed by atoms with Crippen molar-refractivity contribution in [2.45, 2.75) is 103 Å². The molecule has 2 aliphatic heterocycles. The van der Waals surface area contributed by atoms with Crippen LogP contribution in [0.2, 0.25) is 0 Å². The molecule has 0 unspecified atom stereocenters. The molecule has 8 bridgehead atoms. The largest absolute Gasteiger partial charge is 0.494 e. The molecule has 0 saturated carbocycles. The summed E-state index contributed by atoms with van der Waals surface area (Å²) in [6.45, 7) is 8.07. The van der Waals surface area contributed by atoms with E-state index in [9.17, 15) is 0 Å². The molecule has 0 saturated heterocycles. The number of nitrogens with one attached hydrogen (secondary N) is 2. The van der Waals surface area contributed by atoms with Crippen molar-refractivity contribution < 1.29 is 32.4 Å². The number of ether oxygens (including phenoxy) is 4. The minimum atomic E-state index is 0.655. The van der Waals surface area contributed by atoms with Crippen LogP contribution in [0.1, 0.15) is 126 Å². The van der Waals surface area contributed by atoms with Crippen LogP contribution >= 0.6 is 0 Å². The molecule has 3 aromatic heterocycles. The summed E-state index contributed by atoms with van der Waals surface area (Å²) in [6, 6.07) is 42.8. The number of aromatic amines is 2. The third kappa shape index (κ3) is 19.0. The van der Waals surface area contributed by atoms with Crippen LogP contribution in [-0.2, 0) is 0 Å². The first-order valence-corrected chi connectivity index (χ1v) is 32.5. The summed E-state index contributed by atoms with van der Waals surface area (Å²) in [4.78, 5) is 19.1. The van der Waals surface area contributed by atoms with Gasteiger partial charge in [0.2, 0.25) is 0 Å². The predicted molar refractivity (Wildman–Crippen MR) is 366 cm³/mol. The Morgan fingerprint density at radius 2 is 0.517 bits per heavy atom. The van der Waals surface area contributed by atoms with Crippen molar-refractivity contribution in [3.05, 3.63) is 144 Å². The molecule has 2 N–H and O–H groups in total. The van der Waals surface area contributed by atoms with Crippen LogP contribution in [0.4, 0.5) is 0 Å². The van der Waals surface area contributed by atoms with Crippen molar-refractivity contribution in [3.63, 3.8) is 0 Å². The van der Waals surface area contributed by atoms with Gasteiger partial charge >= 0.3 is 0 Å². The molecule has 11 nitrogen and oxygen atoms in total. The Labute approximate surface area is 520 Å². The molecule has 0 aliphatic carbocycles. The van der Waals surface area contributed by atoms with Crippen molar-refractivity contribution >= 4 is 46.4 Å². The van der Waals surface area contributed by atoms with Crippen LogP contribution in [0.25, 0.3) is 90.9 Å². The van der Waals surface area contributed by atoms with Gasteiger partial charge in [0, 0.05) is 63.6 Å².